The van der Waals surface area contributed by atoms with Gasteiger partial charge in [-0.2, -0.15) is 0 Å². The highest BCUT2D eigenvalue weighted by Gasteiger charge is 2.34. The van der Waals surface area contributed by atoms with Gasteiger partial charge in [-0.15, -0.1) is 0 Å². The van der Waals surface area contributed by atoms with Gasteiger partial charge in [0.2, 0.25) is 5.88 Å². The number of anilines is 2. The van der Waals surface area contributed by atoms with Gasteiger partial charge in [0.25, 0.3) is 0 Å². The minimum absolute atomic E-state index is 0.527. The third-order valence-electron chi connectivity index (χ3n) is 7.09. The van der Waals surface area contributed by atoms with Crippen molar-refractivity contribution in [3.05, 3.63) is 72.7 Å². The minimum atomic E-state index is 0.527. The molecule has 0 bridgehead atoms. The van der Waals surface area contributed by atoms with E-state index in [2.05, 4.69) is 42.4 Å². The zero-order valence-corrected chi connectivity index (χ0v) is 19.7. The molecule has 6 rings (SSSR count). The second kappa shape index (κ2) is 9.92. The number of ether oxygens (including phenoxy) is 1. The van der Waals surface area contributed by atoms with Gasteiger partial charge in [-0.05, 0) is 42.7 Å². The predicted octanol–water partition coefficient (Wildman–Crippen LogP) is 4.21. The second-order valence-electron chi connectivity index (χ2n) is 9.45. The SMILES string of the molecule is c1cncc(NCc2ccc(OCC3CCC4CN(c5noc6ccccc56)CCN4C3)nc2)c1. The fraction of sp³-hybridized carbons (Fsp3) is 0.370. The minimum Gasteiger partial charge on any atom is -0.477 e. The zero-order valence-electron chi connectivity index (χ0n) is 19.7. The van der Waals surface area contributed by atoms with Gasteiger partial charge >= 0.3 is 0 Å². The molecule has 0 spiro atoms. The molecule has 2 aliphatic rings. The number of piperidine rings is 1. The molecule has 2 fully saturated rings. The molecule has 4 aromatic rings. The number of hydrogen-bond acceptors (Lipinski definition) is 8. The van der Waals surface area contributed by atoms with Crippen LogP contribution in [0.1, 0.15) is 18.4 Å². The van der Waals surface area contributed by atoms with Crippen molar-refractivity contribution >= 4 is 22.5 Å². The molecule has 180 valence electrons. The zero-order chi connectivity index (χ0) is 23.5. The number of hydrogen-bond donors (Lipinski definition) is 1. The van der Waals surface area contributed by atoms with Gasteiger partial charge in [0.05, 0.1) is 17.7 Å². The monoisotopic (exact) mass is 470 g/mol. The third-order valence-corrected chi connectivity index (χ3v) is 7.09. The Morgan fingerprint density at radius 3 is 2.86 bits per heavy atom. The Morgan fingerprint density at radius 2 is 1.97 bits per heavy atom. The first-order chi connectivity index (χ1) is 17.3. The van der Waals surface area contributed by atoms with Crippen LogP contribution in [0.4, 0.5) is 11.5 Å². The summed E-state index contributed by atoms with van der Waals surface area (Å²) in [5.41, 5.74) is 2.97. The van der Waals surface area contributed by atoms with Crippen LogP contribution >= 0.6 is 0 Å². The summed E-state index contributed by atoms with van der Waals surface area (Å²) in [5, 5.41) is 8.82. The highest BCUT2D eigenvalue weighted by Crippen LogP contribution is 2.31. The van der Waals surface area contributed by atoms with E-state index in [1.165, 1.54) is 12.8 Å². The van der Waals surface area contributed by atoms with E-state index in [-0.39, 0.29) is 0 Å². The van der Waals surface area contributed by atoms with Gasteiger partial charge in [0.1, 0.15) is 0 Å². The van der Waals surface area contributed by atoms with Crippen molar-refractivity contribution in [3.63, 3.8) is 0 Å². The lowest BCUT2D eigenvalue weighted by Gasteiger charge is -2.46. The Balaban J connectivity index is 0.981. The molecule has 0 amide bonds. The summed E-state index contributed by atoms with van der Waals surface area (Å²) in [4.78, 5) is 13.6. The van der Waals surface area contributed by atoms with Crippen molar-refractivity contribution in [2.75, 3.05) is 43.0 Å². The summed E-state index contributed by atoms with van der Waals surface area (Å²) in [6.45, 7) is 5.50. The molecule has 8 heteroatoms. The van der Waals surface area contributed by atoms with E-state index in [1.807, 2.05) is 48.8 Å². The summed E-state index contributed by atoms with van der Waals surface area (Å²) in [6, 6.07) is 16.6. The second-order valence-corrected chi connectivity index (χ2v) is 9.45. The fourth-order valence-electron chi connectivity index (χ4n) is 5.16. The quantitative estimate of drug-likeness (QED) is 0.430. The van der Waals surface area contributed by atoms with E-state index < -0.39 is 0 Å². The van der Waals surface area contributed by atoms with Crippen molar-refractivity contribution in [2.45, 2.75) is 25.4 Å². The molecular formula is C27H30N6O2. The Hall–Kier alpha value is -3.65. The summed E-state index contributed by atoms with van der Waals surface area (Å²) < 4.78 is 11.6. The topological polar surface area (TPSA) is 79.6 Å². The summed E-state index contributed by atoms with van der Waals surface area (Å²) in [5.74, 6) is 2.20. The molecule has 2 saturated heterocycles. The van der Waals surface area contributed by atoms with Gasteiger partial charge in [0, 0.05) is 69.3 Å². The number of nitrogens with one attached hydrogen (secondary N) is 1. The molecule has 0 radical (unpaired) electrons. The summed E-state index contributed by atoms with van der Waals surface area (Å²) in [7, 11) is 0. The van der Waals surface area contributed by atoms with Gasteiger partial charge in [-0.25, -0.2) is 4.98 Å². The Bertz CT molecular complexity index is 1250. The Labute approximate surface area is 204 Å². The first-order valence-electron chi connectivity index (χ1n) is 12.4. The summed E-state index contributed by atoms with van der Waals surface area (Å²) in [6.07, 6.45) is 7.80. The largest absolute Gasteiger partial charge is 0.477 e. The highest BCUT2D eigenvalue weighted by molar-refractivity contribution is 5.88. The number of para-hydroxylation sites is 1. The Morgan fingerprint density at radius 1 is 1.00 bits per heavy atom. The van der Waals surface area contributed by atoms with E-state index in [0.717, 1.165) is 54.2 Å². The van der Waals surface area contributed by atoms with Gasteiger partial charge < -0.3 is 19.5 Å². The lowest BCUT2D eigenvalue weighted by atomic mass is 9.91. The lowest BCUT2D eigenvalue weighted by Crippen LogP contribution is -2.57. The van der Waals surface area contributed by atoms with Crippen molar-refractivity contribution in [2.24, 2.45) is 5.92 Å². The van der Waals surface area contributed by atoms with Crippen LogP contribution < -0.4 is 15.0 Å². The molecule has 0 aliphatic carbocycles. The van der Waals surface area contributed by atoms with E-state index in [0.29, 0.717) is 31.0 Å². The molecule has 3 aromatic heterocycles. The van der Waals surface area contributed by atoms with Crippen LogP contribution in [-0.2, 0) is 6.54 Å². The maximum atomic E-state index is 6.07. The molecule has 2 atom stereocenters. The first-order valence-corrected chi connectivity index (χ1v) is 12.4. The number of rotatable bonds is 7. The van der Waals surface area contributed by atoms with Crippen LogP contribution in [0.25, 0.3) is 11.0 Å². The number of aromatic nitrogens is 3. The van der Waals surface area contributed by atoms with E-state index in [1.54, 1.807) is 6.20 Å². The normalized spacial score (nSPS) is 20.5. The van der Waals surface area contributed by atoms with E-state index in [9.17, 15) is 0 Å². The fourth-order valence-corrected chi connectivity index (χ4v) is 5.16. The molecule has 8 nitrogen and oxygen atoms in total. The predicted molar refractivity (Wildman–Crippen MR) is 136 cm³/mol. The number of pyridine rings is 2. The molecule has 0 saturated carbocycles. The maximum Gasteiger partial charge on any atom is 0.213 e. The van der Waals surface area contributed by atoms with Crippen LogP contribution in [0.2, 0.25) is 0 Å². The average molecular weight is 471 g/mol. The lowest BCUT2D eigenvalue weighted by molar-refractivity contribution is 0.0717. The van der Waals surface area contributed by atoms with Crippen molar-refractivity contribution in [1.82, 2.24) is 20.0 Å². The van der Waals surface area contributed by atoms with Crippen LogP contribution in [0, 0.1) is 5.92 Å². The molecule has 2 unspecified atom stereocenters. The highest BCUT2D eigenvalue weighted by atomic mass is 16.5. The van der Waals surface area contributed by atoms with Crippen LogP contribution in [0.5, 0.6) is 5.88 Å². The number of piperazine rings is 1. The van der Waals surface area contributed by atoms with Crippen molar-refractivity contribution in [1.29, 1.82) is 0 Å². The Kier molecular flexibility index (Phi) is 6.19. The maximum absolute atomic E-state index is 6.07. The summed E-state index contributed by atoms with van der Waals surface area (Å²) >= 11 is 0. The van der Waals surface area contributed by atoms with Gasteiger partial charge in [0.15, 0.2) is 11.4 Å². The number of benzene rings is 1. The molecule has 1 N–H and O–H groups in total. The van der Waals surface area contributed by atoms with Crippen LogP contribution in [-0.4, -0.2) is 58.9 Å². The van der Waals surface area contributed by atoms with Crippen LogP contribution in [0.15, 0.2) is 71.6 Å². The van der Waals surface area contributed by atoms with E-state index in [4.69, 9.17) is 9.26 Å². The molecular weight excluding hydrogens is 440 g/mol. The average Bonchev–Trinajstić information content (AvgIpc) is 3.36. The van der Waals surface area contributed by atoms with E-state index >= 15 is 0 Å². The first kappa shape index (κ1) is 21.9. The standard InChI is InChI=1S/C27H30N6O2/c1-2-6-25-24(5-1)27(31-35-25)33-13-12-32-17-21(7-9-23(32)18-33)19-34-26-10-8-20(15-30-26)14-29-22-4-3-11-28-16-22/h1-6,8,10-11,15-16,21,23,29H,7,9,12-14,17-19H2. The number of fused-ring (bicyclic) bond motifs is 2. The third kappa shape index (κ3) is 4.93. The van der Waals surface area contributed by atoms with Gasteiger partial charge in [-0.3, -0.25) is 9.88 Å². The molecule has 2 aliphatic heterocycles. The molecule has 35 heavy (non-hydrogen) atoms. The smallest absolute Gasteiger partial charge is 0.213 e. The molecule has 1 aromatic carbocycles. The van der Waals surface area contributed by atoms with Crippen molar-refractivity contribution < 1.29 is 9.26 Å². The van der Waals surface area contributed by atoms with Gasteiger partial charge in [-0.1, -0.05) is 23.4 Å². The van der Waals surface area contributed by atoms with Crippen molar-refractivity contribution in [3.8, 4) is 5.88 Å². The van der Waals surface area contributed by atoms with Crippen LogP contribution in [0.3, 0.4) is 0 Å². The number of nitrogens with zero attached hydrogens (tertiary/aromatic N) is 5. The molecule has 5 heterocycles.